The van der Waals surface area contributed by atoms with E-state index in [1.165, 1.54) is 5.56 Å². The van der Waals surface area contributed by atoms with E-state index < -0.39 is 0 Å². The fraction of sp³-hybridized carbons (Fsp3) is 0.385. The molecular weight excluding hydrogens is 186 g/mol. The smallest absolute Gasteiger partial charge is 0.0639 e. The molecule has 0 saturated heterocycles. The van der Waals surface area contributed by atoms with E-state index in [0.29, 0.717) is 0 Å². The lowest BCUT2D eigenvalue weighted by Crippen LogP contribution is -2.09. The lowest BCUT2D eigenvalue weighted by atomic mass is 10.2. The molecule has 1 aromatic rings. The van der Waals surface area contributed by atoms with Gasteiger partial charge in [-0.25, -0.2) is 0 Å². The number of rotatable bonds is 7. The van der Waals surface area contributed by atoms with Gasteiger partial charge in [0, 0.05) is 12.2 Å². The largest absolute Gasteiger partial charge is 0.383 e. The highest BCUT2D eigenvalue weighted by molar-refractivity contribution is 5.44. The van der Waals surface area contributed by atoms with Gasteiger partial charge >= 0.3 is 0 Å². The maximum Gasteiger partial charge on any atom is 0.0639 e. The highest BCUT2D eigenvalue weighted by Crippen LogP contribution is 2.07. The van der Waals surface area contributed by atoms with Crippen LogP contribution in [0.5, 0.6) is 0 Å². The number of hydrogen-bond acceptors (Lipinski definition) is 2. The number of anilines is 1. The first-order chi connectivity index (χ1) is 7.33. The Hall–Kier alpha value is -1.28. The Morgan fingerprint density at radius 3 is 2.67 bits per heavy atom. The van der Waals surface area contributed by atoms with Crippen molar-refractivity contribution in [3.8, 4) is 0 Å². The van der Waals surface area contributed by atoms with E-state index >= 15 is 0 Å². The van der Waals surface area contributed by atoms with Crippen LogP contribution in [0.25, 0.3) is 0 Å². The van der Waals surface area contributed by atoms with Gasteiger partial charge in [0.1, 0.15) is 0 Å². The van der Waals surface area contributed by atoms with Crippen molar-refractivity contribution in [2.45, 2.75) is 13.3 Å². The van der Waals surface area contributed by atoms with Gasteiger partial charge in [0.05, 0.1) is 13.2 Å². The molecule has 1 rings (SSSR count). The predicted octanol–water partition coefficient (Wildman–Crippen LogP) is 3.00. The summed E-state index contributed by atoms with van der Waals surface area (Å²) in [5, 5.41) is 3.30. The molecule has 82 valence electrons. The lowest BCUT2D eigenvalue weighted by molar-refractivity contribution is 0.149. The van der Waals surface area contributed by atoms with Crippen LogP contribution in [0.2, 0.25) is 0 Å². The van der Waals surface area contributed by atoms with Gasteiger partial charge in [0.2, 0.25) is 0 Å². The third-order valence-corrected chi connectivity index (χ3v) is 2.09. The van der Waals surface area contributed by atoms with Crippen LogP contribution in [0.15, 0.2) is 36.9 Å². The zero-order chi connectivity index (χ0) is 10.9. The molecule has 1 N–H and O–H groups in total. The van der Waals surface area contributed by atoms with Crippen LogP contribution in [0.4, 0.5) is 5.69 Å². The quantitative estimate of drug-likeness (QED) is 0.546. The Bertz CT molecular complexity index is 279. The average molecular weight is 205 g/mol. The molecule has 0 unspecified atom stereocenters. The van der Waals surface area contributed by atoms with Crippen LogP contribution in [0.1, 0.15) is 12.0 Å². The van der Waals surface area contributed by atoms with E-state index in [9.17, 15) is 0 Å². The first-order valence-corrected chi connectivity index (χ1v) is 5.32. The Kier molecular flexibility index (Phi) is 5.56. The van der Waals surface area contributed by atoms with Gasteiger partial charge in [-0.05, 0) is 25.5 Å². The summed E-state index contributed by atoms with van der Waals surface area (Å²) in [6, 6.07) is 8.36. The fourth-order valence-corrected chi connectivity index (χ4v) is 1.21. The van der Waals surface area contributed by atoms with Crippen LogP contribution in [-0.2, 0) is 4.74 Å². The van der Waals surface area contributed by atoms with E-state index in [1.54, 1.807) is 0 Å². The second-order valence-corrected chi connectivity index (χ2v) is 3.48. The molecule has 0 aliphatic rings. The topological polar surface area (TPSA) is 21.3 Å². The van der Waals surface area contributed by atoms with Gasteiger partial charge in [-0.15, -0.1) is 6.58 Å². The molecule has 0 heterocycles. The van der Waals surface area contributed by atoms with Crippen molar-refractivity contribution in [1.82, 2.24) is 0 Å². The second-order valence-electron chi connectivity index (χ2n) is 3.48. The highest BCUT2D eigenvalue weighted by atomic mass is 16.5. The summed E-state index contributed by atoms with van der Waals surface area (Å²) < 4.78 is 5.39. The summed E-state index contributed by atoms with van der Waals surface area (Å²) in [7, 11) is 0. The van der Waals surface area contributed by atoms with Crippen molar-refractivity contribution in [2.24, 2.45) is 0 Å². The molecule has 0 saturated carbocycles. The summed E-state index contributed by atoms with van der Waals surface area (Å²) in [5.41, 5.74) is 2.43. The SMILES string of the molecule is C=CCCOCCNc1ccc(C)cc1. The van der Waals surface area contributed by atoms with Crippen molar-refractivity contribution in [3.05, 3.63) is 42.5 Å². The third-order valence-electron chi connectivity index (χ3n) is 2.09. The summed E-state index contributed by atoms with van der Waals surface area (Å²) in [4.78, 5) is 0. The number of ether oxygens (including phenoxy) is 1. The van der Waals surface area contributed by atoms with Crippen molar-refractivity contribution in [3.63, 3.8) is 0 Å². The minimum absolute atomic E-state index is 0.738. The lowest BCUT2D eigenvalue weighted by Gasteiger charge is -2.06. The third kappa shape index (κ3) is 5.23. The molecule has 0 aliphatic heterocycles. The van der Waals surface area contributed by atoms with Gasteiger partial charge in [0.15, 0.2) is 0 Å². The summed E-state index contributed by atoms with van der Waals surface area (Å²) in [5.74, 6) is 0. The zero-order valence-electron chi connectivity index (χ0n) is 9.33. The number of hydrogen-bond donors (Lipinski definition) is 1. The molecule has 0 aromatic heterocycles. The molecule has 0 bridgehead atoms. The van der Waals surface area contributed by atoms with E-state index in [1.807, 2.05) is 6.08 Å². The Morgan fingerprint density at radius 1 is 1.27 bits per heavy atom. The van der Waals surface area contributed by atoms with E-state index in [4.69, 9.17) is 4.74 Å². The standard InChI is InChI=1S/C13H19NO/c1-3-4-10-15-11-9-14-13-7-5-12(2)6-8-13/h3,5-8,14H,1,4,9-11H2,2H3. The molecule has 0 atom stereocenters. The first kappa shape index (κ1) is 11.8. The fourth-order valence-electron chi connectivity index (χ4n) is 1.21. The number of nitrogens with one attached hydrogen (secondary N) is 1. The van der Waals surface area contributed by atoms with E-state index in [2.05, 4.69) is 43.1 Å². The molecule has 0 radical (unpaired) electrons. The van der Waals surface area contributed by atoms with Gasteiger partial charge in [-0.2, -0.15) is 0 Å². The molecular formula is C13H19NO. The molecule has 2 heteroatoms. The van der Waals surface area contributed by atoms with Crippen LogP contribution >= 0.6 is 0 Å². The highest BCUT2D eigenvalue weighted by Gasteiger charge is 1.90. The van der Waals surface area contributed by atoms with Crippen LogP contribution in [0.3, 0.4) is 0 Å². The van der Waals surface area contributed by atoms with Crippen LogP contribution in [-0.4, -0.2) is 19.8 Å². The number of benzene rings is 1. The van der Waals surface area contributed by atoms with Gasteiger partial charge in [0.25, 0.3) is 0 Å². The first-order valence-electron chi connectivity index (χ1n) is 5.32. The zero-order valence-corrected chi connectivity index (χ0v) is 9.33. The Labute approximate surface area is 92.0 Å². The van der Waals surface area contributed by atoms with E-state index in [-0.39, 0.29) is 0 Å². The van der Waals surface area contributed by atoms with Crippen molar-refractivity contribution >= 4 is 5.69 Å². The van der Waals surface area contributed by atoms with Gasteiger partial charge in [-0.1, -0.05) is 23.8 Å². The van der Waals surface area contributed by atoms with E-state index in [0.717, 1.165) is 31.9 Å². The minimum atomic E-state index is 0.738. The maximum absolute atomic E-state index is 5.39. The molecule has 0 aliphatic carbocycles. The molecule has 15 heavy (non-hydrogen) atoms. The Balaban J connectivity index is 2.09. The molecule has 0 spiro atoms. The molecule has 0 fully saturated rings. The van der Waals surface area contributed by atoms with Crippen LogP contribution in [0, 0.1) is 6.92 Å². The van der Waals surface area contributed by atoms with Crippen molar-refractivity contribution in [2.75, 3.05) is 25.1 Å². The van der Waals surface area contributed by atoms with Crippen molar-refractivity contribution in [1.29, 1.82) is 0 Å². The summed E-state index contributed by atoms with van der Waals surface area (Å²) in [6.45, 7) is 8.07. The number of aryl methyl sites for hydroxylation is 1. The average Bonchev–Trinajstić information content (AvgIpc) is 2.26. The minimum Gasteiger partial charge on any atom is -0.383 e. The molecule has 0 amide bonds. The molecule has 2 nitrogen and oxygen atoms in total. The maximum atomic E-state index is 5.39. The van der Waals surface area contributed by atoms with Crippen LogP contribution < -0.4 is 5.32 Å². The molecule has 1 aromatic carbocycles. The monoisotopic (exact) mass is 205 g/mol. The second kappa shape index (κ2) is 7.07. The summed E-state index contributed by atoms with van der Waals surface area (Å²) in [6.07, 6.45) is 2.79. The summed E-state index contributed by atoms with van der Waals surface area (Å²) >= 11 is 0. The Morgan fingerprint density at radius 2 is 2.00 bits per heavy atom. The van der Waals surface area contributed by atoms with Gasteiger partial charge < -0.3 is 10.1 Å². The van der Waals surface area contributed by atoms with Gasteiger partial charge in [-0.3, -0.25) is 0 Å². The predicted molar refractivity (Wildman–Crippen MR) is 65.3 cm³/mol. The normalized spacial score (nSPS) is 9.93. The van der Waals surface area contributed by atoms with Crippen molar-refractivity contribution < 1.29 is 4.74 Å².